The first-order chi connectivity index (χ1) is 8.36. The maximum Gasteiger partial charge on any atom is 0.222 e. The Morgan fingerprint density at radius 2 is 1.44 bits per heavy atom. The molecule has 2 N–H and O–H groups in total. The fraction of sp³-hybridized carbons (Fsp3) is 0.933. The van der Waals surface area contributed by atoms with Crippen molar-refractivity contribution >= 4 is 5.91 Å². The molecule has 0 fully saturated rings. The largest absolute Gasteiger partial charge is 0.343 e. The van der Waals surface area contributed by atoms with Gasteiger partial charge in [0, 0.05) is 19.5 Å². The molecule has 0 saturated heterocycles. The van der Waals surface area contributed by atoms with E-state index in [1.165, 1.54) is 0 Å². The van der Waals surface area contributed by atoms with Crippen LogP contribution in [-0.2, 0) is 4.79 Å². The third-order valence-electron chi connectivity index (χ3n) is 3.23. The van der Waals surface area contributed by atoms with Gasteiger partial charge in [-0.05, 0) is 37.1 Å². The Kier molecular flexibility index (Phi) is 9.08. The van der Waals surface area contributed by atoms with Crippen LogP contribution in [0.15, 0.2) is 0 Å². The van der Waals surface area contributed by atoms with E-state index >= 15 is 0 Å². The molecule has 0 aliphatic rings. The van der Waals surface area contributed by atoms with Gasteiger partial charge in [0.1, 0.15) is 0 Å². The third kappa shape index (κ3) is 8.51. The van der Waals surface area contributed by atoms with Gasteiger partial charge in [0.05, 0.1) is 0 Å². The highest BCUT2D eigenvalue weighted by atomic mass is 16.2. The molecule has 0 aromatic rings. The van der Waals surface area contributed by atoms with Crippen LogP contribution in [0.2, 0.25) is 0 Å². The van der Waals surface area contributed by atoms with Crippen LogP contribution in [0.4, 0.5) is 0 Å². The zero-order valence-corrected chi connectivity index (χ0v) is 12.9. The van der Waals surface area contributed by atoms with Gasteiger partial charge in [-0.1, -0.05) is 34.6 Å². The van der Waals surface area contributed by atoms with Crippen molar-refractivity contribution in [1.82, 2.24) is 4.90 Å². The van der Waals surface area contributed by atoms with Crippen molar-refractivity contribution in [2.75, 3.05) is 19.6 Å². The van der Waals surface area contributed by atoms with Crippen molar-refractivity contribution in [1.29, 1.82) is 0 Å². The average Bonchev–Trinajstić information content (AvgIpc) is 2.27. The fourth-order valence-corrected chi connectivity index (χ4v) is 1.70. The number of amides is 1. The summed E-state index contributed by atoms with van der Waals surface area (Å²) >= 11 is 0. The molecule has 1 amide bonds. The number of nitrogens with zero attached hydrogens (tertiary/aromatic N) is 1. The Bertz CT molecular complexity index is 215. The molecule has 0 aliphatic carbocycles. The van der Waals surface area contributed by atoms with Gasteiger partial charge in [-0.3, -0.25) is 4.79 Å². The number of hydrogen-bond acceptors (Lipinski definition) is 2. The smallest absolute Gasteiger partial charge is 0.222 e. The van der Waals surface area contributed by atoms with E-state index in [9.17, 15) is 4.79 Å². The monoisotopic (exact) mass is 256 g/mol. The SMILES string of the molecule is CC(C)CCN(CCC(C)C)C(=O)CC(C)CN. The predicted octanol–water partition coefficient (Wildman–Crippen LogP) is 2.89. The minimum absolute atomic E-state index is 0.272. The van der Waals surface area contributed by atoms with E-state index in [-0.39, 0.29) is 11.8 Å². The first kappa shape index (κ1) is 17.4. The predicted molar refractivity (Wildman–Crippen MR) is 78.3 cm³/mol. The minimum Gasteiger partial charge on any atom is -0.343 e. The molecule has 18 heavy (non-hydrogen) atoms. The summed E-state index contributed by atoms with van der Waals surface area (Å²) in [6, 6.07) is 0. The maximum atomic E-state index is 12.2. The van der Waals surface area contributed by atoms with Gasteiger partial charge in [0.25, 0.3) is 0 Å². The van der Waals surface area contributed by atoms with Gasteiger partial charge < -0.3 is 10.6 Å². The number of rotatable bonds is 9. The summed E-state index contributed by atoms with van der Waals surface area (Å²) in [5.41, 5.74) is 5.59. The summed E-state index contributed by atoms with van der Waals surface area (Å²) in [6.45, 7) is 13.2. The van der Waals surface area contributed by atoms with Gasteiger partial charge in [-0.25, -0.2) is 0 Å². The molecule has 0 rings (SSSR count). The van der Waals surface area contributed by atoms with Crippen molar-refractivity contribution in [3.63, 3.8) is 0 Å². The van der Waals surface area contributed by atoms with Crippen LogP contribution < -0.4 is 5.73 Å². The molecule has 0 radical (unpaired) electrons. The first-order valence-electron chi connectivity index (χ1n) is 7.34. The first-order valence-corrected chi connectivity index (χ1v) is 7.34. The topological polar surface area (TPSA) is 46.3 Å². The van der Waals surface area contributed by atoms with E-state index < -0.39 is 0 Å². The van der Waals surface area contributed by atoms with Crippen LogP contribution >= 0.6 is 0 Å². The average molecular weight is 256 g/mol. The lowest BCUT2D eigenvalue weighted by Crippen LogP contribution is -2.35. The van der Waals surface area contributed by atoms with Gasteiger partial charge in [-0.2, -0.15) is 0 Å². The molecule has 3 nitrogen and oxygen atoms in total. The van der Waals surface area contributed by atoms with Gasteiger partial charge in [-0.15, -0.1) is 0 Å². The quantitative estimate of drug-likeness (QED) is 0.689. The van der Waals surface area contributed by atoms with Crippen molar-refractivity contribution < 1.29 is 4.79 Å². The van der Waals surface area contributed by atoms with E-state index in [0.29, 0.717) is 24.8 Å². The molecule has 0 spiro atoms. The zero-order chi connectivity index (χ0) is 14.1. The van der Waals surface area contributed by atoms with Crippen LogP contribution in [-0.4, -0.2) is 30.4 Å². The Labute approximate surface area is 113 Å². The molecule has 0 heterocycles. The highest BCUT2D eigenvalue weighted by molar-refractivity contribution is 5.76. The number of nitrogens with two attached hydrogens (primary N) is 1. The lowest BCUT2D eigenvalue weighted by atomic mass is 10.1. The summed E-state index contributed by atoms with van der Waals surface area (Å²) < 4.78 is 0. The van der Waals surface area contributed by atoms with Crippen LogP contribution in [0.1, 0.15) is 53.9 Å². The lowest BCUT2D eigenvalue weighted by molar-refractivity contribution is -0.132. The number of hydrogen-bond donors (Lipinski definition) is 1. The summed E-state index contributed by atoms with van der Waals surface area (Å²) in [6.07, 6.45) is 2.76. The van der Waals surface area contributed by atoms with Gasteiger partial charge >= 0.3 is 0 Å². The second-order valence-corrected chi connectivity index (χ2v) is 6.29. The fourth-order valence-electron chi connectivity index (χ4n) is 1.70. The molecule has 0 aromatic carbocycles. The van der Waals surface area contributed by atoms with Crippen LogP contribution in [0, 0.1) is 17.8 Å². The molecule has 3 heteroatoms. The molecule has 1 atom stereocenters. The second-order valence-electron chi connectivity index (χ2n) is 6.29. The molecular formula is C15H32N2O. The maximum absolute atomic E-state index is 12.2. The summed E-state index contributed by atoms with van der Waals surface area (Å²) in [4.78, 5) is 14.2. The zero-order valence-electron chi connectivity index (χ0n) is 12.9. The molecule has 1 unspecified atom stereocenters. The molecule has 0 aromatic heterocycles. The Balaban J connectivity index is 4.29. The second kappa shape index (κ2) is 9.37. The van der Waals surface area contributed by atoms with Crippen molar-refractivity contribution in [2.24, 2.45) is 23.5 Å². The van der Waals surface area contributed by atoms with E-state index in [4.69, 9.17) is 5.73 Å². The summed E-state index contributed by atoms with van der Waals surface area (Å²) in [5, 5.41) is 0. The van der Waals surface area contributed by atoms with E-state index in [1.54, 1.807) is 0 Å². The van der Waals surface area contributed by atoms with Crippen LogP contribution in [0.5, 0.6) is 0 Å². The minimum atomic E-state index is 0.272. The normalized spacial score (nSPS) is 13.1. The lowest BCUT2D eigenvalue weighted by Gasteiger charge is -2.25. The van der Waals surface area contributed by atoms with E-state index in [2.05, 4.69) is 27.7 Å². The van der Waals surface area contributed by atoms with Crippen molar-refractivity contribution in [3.05, 3.63) is 0 Å². The third-order valence-corrected chi connectivity index (χ3v) is 3.23. The molecule has 0 aliphatic heterocycles. The highest BCUT2D eigenvalue weighted by Gasteiger charge is 2.16. The highest BCUT2D eigenvalue weighted by Crippen LogP contribution is 2.10. The standard InChI is InChI=1S/C15H32N2O/c1-12(2)6-8-17(9-7-13(3)4)15(18)10-14(5)11-16/h12-14H,6-11,16H2,1-5H3. The Morgan fingerprint density at radius 3 is 1.78 bits per heavy atom. The van der Waals surface area contributed by atoms with Gasteiger partial charge in [0.2, 0.25) is 5.91 Å². The number of carbonyl (C=O) groups is 1. The molecular weight excluding hydrogens is 224 g/mol. The summed E-state index contributed by atoms with van der Waals surface area (Å²) in [5.74, 6) is 1.85. The number of carbonyl (C=O) groups excluding carboxylic acids is 1. The van der Waals surface area contributed by atoms with Crippen LogP contribution in [0.25, 0.3) is 0 Å². The molecule has 0 saturated carbocycles. The van der Waals surface area contributed by atoms with Crippen molar-refractivity contribution in [3.8, 4) is 0 Å². The van der Waals surface area contributed by atoms with E-state index in [0.717, 1.165) is 25.9 Å². The Hall–Kier alpha value is -0.570. The molecule has 0 bridgehead atoms. The van der Waals surface area contributed by atoms with Crippen LogP contribution in [0.3, 0.4) is 0 Å². The molecule has 108 valence electrons. The van der Waals surface area contributed by atoms with Crippen molar-refractivity contribution in [2.45, 2.75) is 53.9 Å². The van der Waals surface area contributed by atoms with E-state index in [1.807, 2.05) is 11.8 Å². The Morgan fingerprint density at radius 1 is 1.00 bits per heavy atom. The van der Waals surface area contributed by atoms with Gasteiger partial charge in [0.15, 0.2) is 0 Å². The summed E-state index contributed by atoms with van der Waals surface area (Å²) in [7, 11) is 0.